The van der Waals surface area contributed by atoms with Crippen molar-refractivity contribution in [3.05, 3.63) is 29.3 Å². The Morgan fingerprint density at radius 2 is 1.89 bits per heavy atom. The summed E-state index contributed by atoms with van der Waals surface area (Å²) in [5.74, 6) is -0.883. The van der Waals surface area contributed by atoms with Crippen LogP contribution in [0.2, 0.25) is 0 Å². The number of nitrogens with zero attached hydrogens (tertiary/aromatic N) is 1. The Labute approximate surface area is 113 Å². The summed E-state index contributed by atoms with van der Waals surface area (Å²) in [6.07, 6.45) is 3.77. The first kappa shape index (κ1) is 13.6. The number of piperidine rings is 1. The van der Waals surface area contributed by atoms with Crippen LogP contribution >= 0.6 is 0 Å². The van der Waals surface area contributed by atoms with Gasteiger partial charge in [-0.2, -0.15) is 0 Å². The zero-order valence-electron chi connectivity index (χ0n) is 11.2. The van der Waals surface area contributed by atoms with Crippen molar-refractivity contribution in [2.45, 2.75) is 32.6 Å². The summed E-state index contributed by atoms with van der Waals surface area (Å²) in [5, 5.41) is 9.27. The molecule has 1 heterocycles. The van der Waals surface area contributed by atoms with Crippen LogP contribution in [-0.4, -0.2) is 29.9 Å². The number of carbonyl (C=O) groups is 2. The molecule has 102 valence electrons. The van der Waals surface area contributed by atoms with Crippen molar-refractivity contribution in [3.63, 3.8) is 0 Å². The minimum Gasteiger partial charge on any atom is -0.478 e. The highest BCUT2D eigenvalue weighted by Crippen LogP contribution is 2.26. The molecule has 4 heteroatoms. The van der Waals surface area contributed by atoms with Crippen LogP contribution < -0.4 is 4.90 Å². The summed E-state index contributed by atoms with van der Waals surface area (Å²) in [7, 11) is 0. The molecule has 0 bridgehead atoms. The van der Waals surface area contributed by atoms with Crippen LogP contribution in [0.4, 0.5) is 5.69 Å². The van der Waals surface area contributed by atoms with Crippen LogP contribution in [0.25, 0.3) is 0 Å². The van der Waals surface area contributed by atoms with Crippen molar-refractivity contribution in [3.8, 4) is 0 Å². The number of aromatic carboxylic acids is 1. The molecule has 0 amide bonds. The van der Waals surface area contributed by atoms with Gasteiger partial charge in [0.05, 0.1) is 11.3 Å². The van der Waals surface area contributed by atoms with Crippen molar-refractivity contribution in [1.82, 2.24) is 0 Å². The fraction of sp³-hybridized carbons (Fsp3) is 0.467. The molecule has 0 atom stereocenters. The Morgan fingerprint density at radius 1 is 1.21 bits per heavy atom. The van der Waals surface area contributed by atoms with Gasteiger partial charge in [0.25, 0.3) is 0 Å². The van der Waals surface area contributed by atoms with Gasteiger partial charge >= 0.3 is 5.97 Å². The van der Waals surface area contributed by atoms with Crippen LogP contribution in [0.5, 0.6) is 0 Å². The number of anilines is 1. The summed E-state index contributed by atoms with van der Waals surface area (Å²) < 4.78 is 0. The molecule has 1 saturated heterocycles. The van der Waals surface area contributed by atoms with E-state index in [-0.39, 0.29) is 11.3 Å². The highest BCUT2D eigenvalue weighted by molar-refractivity contribution is 6.00. The van der Waals surface area contributed by atoms with E-state index in [1.54, 1.807) is 18.2 Å². The van der Waals surface area contributed by atoms with Gasteiger partial charge < -0.3 is 10.0 Å². The van der Waals surface area contributed by atoms with E-state index >= 15 is 0 Å². The Morgan fingerprint density at radius 3 is 2.47 bits per heavy atom. The molecule has 1 aromatic rings. The first-order valence-corrected chi connectivity index (χ1v) is 6.79. The molecule has 0 spiro atoms. The zero-order chi connectivity index (χ0) is 13.8. The quantitative estimate of drug-likeness (QED) is 0.846. The fourth-order valence-corrected chi connectivity index (χ4v) is 2.49. The number of carbonyl (C=O) groups excluding carboxylic acids is 1. The fourth-order valence-electron chi connectivity index (χ4n) is 2.49. The second-order valence-electron chi connectivity index (χ2n) is 4.86. The van der Waals surface area contributed by atoms with Gasteiger partial charge in [-0.25, -0.2) is 4.79 Å². The molecule has 1 aliphatic heterocycles. The second kappa shape index (κ2) is 5.87. The van der Waals surface area contributed by atoms with Crippen molar-refractivity contribution in [2.24, 2.45) is 0 Å². The van der Waals surface area contributed by atoms with Crippen LogP contribution in [0.15, 0.2) is 18.2 Å². The third-order valence-electron chi connectivity index (χ3n) is 3.57. The monoisotopic (exact) mass is 261 g/mol. The van der Waals surface area contributed by atoms with Gasteiger partial charge in [-0.1, -0.05) is 13.0 Å². The zero-order valence-corrected chi connectivity index (χ0v) is 11.2. The summed E-state index contributed by atoms with van der Waals surface area (Å²) in [6.45, 7) is 3.54. The van der Waals surface area contributed by atoms with Crippen LogP contribution in [-0.2, 0) is 0 Å². The van der Waals surface area contributed by atoms with Gasteiger partial charge in [-0.15, -0.1) is 0 Å². The predicted molar refractivity (Wildman–Crippen MR) is 74.1 cm³/mol. The minimum absolute atomic E-state index is 0.0511. The maximum Gasteiger partial charge on any atom is 0.337 e. The first-order valence-electron chi connectivity index (χ1n) is 6.79. The highest BCUT2D eigenvalue weighted by atomic mass is 16.4. The van der Waals surface area contributed by atoms with Gasteiger partial charge in [-0.3, -0.25) is 4.79 Å². The SMILES string of the molecule is CCC(=O)c1ccc(C(=O)O)c(N2CCCCC2)c1. The minimum atomic E-state index is -0.934. The van der Waals surface area contributed by atoms with Crippen molar-refractivity contribution < 1.29 is 14.7 Å². The Bertz CT molecular complexity index is 490. The molecule has 0 aliphatic carbocycles. The van der Waals surface area contributed by atoms with E-state index in [2.05, 4.69) is 4.90 Å². The smallest absolute Gasteiger partial charge is 0.337 e. The van der Waals surface area contributed by atoms with E-state index in [1.807, 2.05) is 6.92 Å². The number of rotatable bonds is 4. The number of hydrogen-bond acceptors (Lipinski definition) is 3. The van der Waals surface area contributed by atoms with E-state index in [0.717, 1.165) is 25.9 Å². The van der Waals surface area contributed by atoms with Crippen molar-refractivity contribution >= 4 is 17.4 Å². The van der Waals surface area contributed by atoms with E-state index in [9.17, 15) is 14.7 Å². The van der Waals surface area contributed by atoms with E-state index in [4.69, 9.17) is 0 Å². The lowest BCUT2D eigenvalue weighted by Crippen LogP contribution is -2.31. The number of ketones is 1. The molecule has 2 rings (SSSR count). The van der Waals surface area contributed by atoms with Gasteiger partial charge in [0.15, 0.2) is 5.78 Å². The molecule has 0 unspecified atom stereocenters. The van der Waals surface area contributed by atoms with Gasteiger partial charge in [0, 0.05) is 25.1 Å². The second-order valence-corrected chi connectivity index (χ2v) is 4.86. The van der Waals surface area contributed by atoms with Crippen LogP contribution in [0.1, 0.15) is 53.3 Å². The third kappa shape index (κ3) is 2.95. The van der Waals surface area contributed by atoms with E-state index in [0.29, 0.717) is 17.7 Å². The summed E-state index contributed by atoms with van der Waals surface area (Å²) in [5.41, 5.74) is 1.58. The molecule has 1 fully saturated rings. The van der Waals surface area contributed by atoms with Crippen molar-refractivity contribution in [1.29, 1.82) is 0 Å². The molecule has 0 radical (unpaired) electrons. The molecule has 19 heavy (non-hydrogen) atoms. The number of carboxylic acids is 1. The normalized spacial score (nSPS) is 15.3. The number of benzene rings is 1. The molecular weight excluding hydrogens is 242 g/mol. The Hall–Kier alpha value is -1.84. The molecule has 0 saturated carbocycles. The Balaban J connectivity index is 2.40. The average molecular weight is 261 g/mol. The van der Waals surface area contributed by atoms with Crippen LogP contribution in [0.3, 0.4) is 0 Å². The lowest BCUT2D eigenvalue weighted by atomic mass is 10.0. The molecular formula is C15H19NO3. The largest absolute Gasteiger partial charge is 0.478 e. The first-order chi connectivity index (χ1) is 9.13. The molecule has 4 nitrogen and oxygen atoms in total. The van der Waals surface area contributed by atoms with Crippen LogP contribution in [0, 0.1) is 0 Å². The molecule has 1 aliphatic rings. The summed E-state index contributed by atoms with van der Waals surface area (Å²) >= 11 is 0. The lowest BCUT2D eigenvalue weighted by molar-refractivity contribution is 0.0697. The average Bonchev–Trinajstić information content (AvgIpc) is 2.46. The predicted octanol–water partition coefficient (Wildman–Crippen LogP) is 2.97. The lowest BCUT2D eigenvalue weighted by Gasteiger charge is -2.30. The summed E-state index contributed by atoms with van der Waals surface area (Å²) in [6, 6.07) is 4.90. The summed E-state index contributed by atoms with van der Waals surface area (Å²) in [4.78, 5) is 25.1. The highest BCUT2D eigenvalue weighted by Gasteiger charge is 2.19. The Kier molecular flexibility index (Phi) is 4.20. The number of Topliss-reactive ketones (excluding diaryl/α,β-unsaturated/α-hetero) is 1. The van der Waals surface area contributed by atoms with Gasteiger partial charge in [0.2, 0.25) is 0 Å². The van der Waals surface area contributed by atoms with Gasteiger partial charge in [-0.05, 0) is 31.4 Å². The third-order valence-corrected chi connectivity index (χ3v) is 3.57. The van der Waals surface area contributed by atoms with E-state index in [1.165, 1.54) is 6.42 Å². The molecule has 0 aromatic heterocycles. The number of carboxylic acid groups (broad SMARTS) is 1. The maximum atomic E-state index is 11.8. The number of hydrogen-bond donors (Lipinski definition) is 1. The topological polar surface area (TPSA) is 57.6 Å². The molecule has 1 aromatic carbocycles. The standard InChI is InChI=1S/C15H19NO3/c1-2-14(17)11-6-7-12(15(18)19)13(10-11)16-8-4-3-5-9-16/h6-7,10H,2-5,8-9H2,1H3,(H,18,19). The van der Waals surface area contributed by atoms with E-state index < -0.39 is 5.97 Å². The van der Waals surface area contributed by atoms with Gasteiger partial charge in [0.1, 0.15) is 0 Å². The maximum absolute atomic E-state index is 11.8. The molecule has 1 N–H and O–H groups in total. The van der Waals surface area contributed by atoms with Crippen molar-refractivity contribution in [2.75, 3.05) is 18.0 Å².